The summed E-state index contributed by atoms with van der Waals surface area (Å²) in [5.41, 5.74) is 4.20. The molecule has 3 aromatic rings. The average Bonchev–Trinajstić information content (AvgIpc) is 3.31. The van der Waals surface area contributed by atoms with Crippen LogP contribution >= 0.6 is 0 Å². The molecule has 10 heteroatoms. The summed E-state index contributed by atoms with van der Waals surface area (Å²) in [6.07, 6.45) is 1.12. The number of carboxylic acid groups (broad SMARTS) is 1. The van der Waals surface area contributed by atoms with Gasteiger partial charge in [-0.3, -0.25) is 4.79 Å². The summed E-state index contributed by atoms with van der Waals surface area (Å²) in [6.45, 7) is -0.392. The number of hydrogen-bond acceptors (Lipinski definition) is 4. The minimum Gasteiger partial charge on any atom is -0.479 e. The summed E-state index contributed by atoms with van der Waals surface area (Å²) < 4.78 is 39.9. The molecular weight excluding hydrogens is 499 g/mol. The number of alkyl halides is 3. The Morgan fingerprint density at radius 3 is 2.24 bits per heavy atom. The van der Waals surface area contributed by atoms with Crippen LogP contribution in [0.2, 0.25) is 0 Å². The van der Waals surface area contributed by atoms with Gasteiger partial charge < -0.3 is 15.5 Å². The van der Waals surface area contributed by atoms with Crippen LogP contribution in [0.3, 0.4) is 0 Å². The standard InChI is InChI=1S/C28H30F3N3O4/c29-28(30,31)15-19-8-12-23(13-9-19)34-17-22(25(33-34)20-4-2-1-3-5-20)14-18-6-10-21(11-7-18)26(36)32-16-24(35)27(37)38/h6-13,17,20,24,35H,1-5,14-16H2,(H,32,36)(H,37,38). The number of carbonyl (C=O) groups is 2. The van der Waals surface area contributed by atoms with Crippen LogP contribution in [-0.4, -0.2) is 50.7 Å². The molecule has 1 unspecified atom stereocenters. The van der Waals surface area contributed by atoms with Crippen LogP contribution in [0.4, 0.5) is 13.2 Å². The second-order valence-corrected chi connectivity index (χ2v) is 9.72. The van der Waals surface area contributed by atoms with Crippen molar-refractivity contribution in [1.82, 2.24) is 15.1 Å². The minimum absolute atomic E-state index is 0.197. The maximum Gasteiger partial charge on any atom is 0.393 e. The number of hydrogen-bond donors (Lipinski definition) is 3. The van der Waals surface area contributed by atoms with Gasteiger partial charge in [-0.2, -0.15) is 18.3 Å². The Hall–Kier alpha value is -3.66. The first kappa shape index (κ1) is 27.4. The average molecular weight is 530 g/mol. The Morgan fingerprint density at radius 2 is 1.63 bits per heavy atom. The predicted molar refractivity (Wildman–Crippen MR) is 134 cm³/mol. The summed E-state index contributed by atoms with van der Waals surface area (Å²) in [7, 11) is 0. The fourth-order valence-electron chi connectivity index (χ4n) is 4.78. The van der Waals surface area contributed by atoms with Crippen LogP contribution in [0, 0.1) is 0 Å². The molecule has 202 valence electrons. The first-order valence-electron chi connectivity index (χ1n) is 12.6. The Labute approximate surface area is 218 Å². The molecule has 1 heterocycles. The summed E-state index contributed by atoms with van der Waals surface area (Å²) in [4.78, 5) is 23.0. The third kappa shape index (κ3) is 7.22. The molecule has 0 saturated heterocycles. The van der Waals surface area contributed by atoms with E-state index in [-0.39, 0.29) is 5.56 Å². The summed E-state index contributed by atoms with van der Waals surface area (Å²) in [5.74, 6) is -1.58. The largest absolute Gasteiger partial charge is 0.479 e. The second kappa shape index (κ2) is 11.8. The number of aliphatic hydroxyl groups is 1. The lowest BCUT2D eigenvalue weighted by molar-refractivity contribution is -0.146. The molecule has 1 amide bonds. The van der Waals surface area contributed by atoms with E-state index in [2.05, 4.69) is 5.32 Å². The van der Waals surface area contributed by atoms with Crippen molar-refractivity contribution in [2.24, 2.45) is 0 Å². The number of halogens is 3. The van der Waals surface area contributed by atoms with Crippen molar-refractivity contribution < 1.29 is 33.0 Å². The molecule has 0 radical (unpaired) electrons. The van der Waals surface area contributed by atoms with E-state index in [0.717, 1.165) is 42.5 Å². The van der Waals surface area contributed by atoms with Gasteiger partial charge in [0.25, 0.3) is 5.91 Å². The zero-order valence-electron chi connectivity index (χ0n) is 20.7. The number of nitrogens with one attached hydrogen (secondary N) is 1. The van der Waals surface area contributed by atoms with Crippen molar-refractivity contribution in [1.29, 1.82) is 0 Å². The molecule has 0 bridgehead atoms. The van der Waals surface area contributed by atoms with Gasteiger partial charge in [0.1, 0.15) is 0 Å². The van der Waals surface area contributed by atoms with E-state index in [1.807, 2.05) is 18.3 Å². The Bertz CT molecular complexity index is 1250. The van der Waals surface area contributed by atoms with Gasteiger partial charge in [-0.1, -0.05) is 43.5 Å². The molecule has 1 aromatic heterocycles. The quantitative estimate of drug-likeness (QED) is 0.370. The van der Waals surface area contributed by atoms with Crippen molar-refractivity contribution in [2.45, 2.75) is 63.1 Å². The molecular formula is C28H30F3N3O4. The minimum atomic E-state index is -4.26. The number of benzene rings is 2. The van der Waals surface area contributed by atoms with E-state index >= 15 is 0 Å². The molecule has 1 aliphatic carbocycles. The molecule has 1 aliphatic rings. The van der Waals surface area contributed by atoms with E-state index in [4.69, 9.17) is 10.2 Å². The van der Waals surface area contributed by atoms with Crippen molar-refractivity contribution >= 4 is 11.9 Å². The monoisotopic (exact) mass is 529 g/mol. The van der Waals surface area contributed by atoms with Gasteiger partial charge in [0.15, 0.2) is 6.10 Å². The normalized spacial score (nSPS) is 15.3. The maximum absolute atomic E-state index is 12.7. The first-order chi connectivity index (χ1) is 18.1. The molecule has 1 atom stereocenters. The fourth-order valence-corrected chi connectivity index (χ4v) is 4.78. The summed E-state index contributed by atoms with van der Waals surface area (Å²) in [6, 6.07) is 13.2. The van der Waals surface area contributed by atoms with Crippen LogP contribution in [0.5, 0.6) is 0 Å². The third-order valence-electron chi connectivity index (χ3n) is 6.77. The molecule has 2 aromatic carbocycles. The number of aromatic nitrogens is 2. The number of rotatable bonds is 9. The number of aliphatic carboxylic acids is 1. The lowest BCUT2D eigenvalue weighted by Gasteiger charge is -2.21. The zero-order valence-corrected chi connectivity index (χ0v) is 20.7. The van der Waals surface area contributed by atoms with Crippen molar-refractivity contribution in [2.75, 3.05) is 6.54 Å². The number of carboxylic acids is 1. The van der Waals surface area contributed by atoms with Crippen molar-refractivity contribution in [3.63, 3.8) is 0 Å². The van der Waals surface area contributed by atoms with Gasteiger partial charge in [-0.25, -0.2) is 9.48 Å². The Kier molecular flexibility index (Phi) is 8.51. The Morgan fingerprint density at radius 1 is 1.00 bits per heavy atom. The maximum atomic E-state index is 12.7. The first-order valence-corrected chi connectivity index (χ1v) is 12.6. The van der Waals surface area contributed by atoms with E-state index in [1.54, 1.807) is 28.9 Å². The van der Waals surface area contributed by atoms with Gasteiger partial charge in [-0.05, 0) is 53.8 Å². The highest BCUT2D eigenvalue weighted by Gasteiger charge is 2.27. The Balaban J connectivity index is 1.52. The molecule has 1 fully saturated rings. The fraction of sp³-hybridized carbons (Fsp3) is 0.393. The SMILES string of the molecule is O=C(NCC(O)C(=O)O)c1ccc(Cc2cn(-c3ccc(CC(F)(F)F)cc3)nc2C2CCCCC2)cc1. The van der Waals surface area contributed by atoms with E-state index in [0.29, 0.717) is 23.6 Å². The number of amides is 1. The van der Waals surface area contributed by atoms with Crippen molar-refractivity contribution in [3.05, 3.63) is 82.7 Å². The molecule has 3 N–H and O–H groups in total. The zero-order chi connectivity index (χ0) is 27.3. The highest BCUT2D eigenvalue weighted by atomic mass is 19.4. The number of carbonyl (C=O) groups excluding carboxylic acids is 1. The van der Waals surface area contributed by atoms with E-state index in [1.165, 1.54) is 18.6 Å². The molecule has 38 heavy (non-hydrogen) atoms. The van der Waals surface area contributed by atoms with Gasteiger partial charge in [0, 0.05) is 24.1 Å². The van der Waals surface area contributed by atoms with Crippen LogP contribution < -0.4 is 5.32 Å². The molecule has 0 aliphatic heterocycles. The van der Waals surface area contributed by atoms with Crippen LogP contribution in [0.25, 0.3) is 5.69 Å². The van der Waals surface area contributed by atoms with Gasteiger partial charge in [-0.15, -0.1) is 0 Å². The van der Waals surface area contributed by atoms with Crippen LogP contribution in [0.1, 0.15) is 70.8 Å². The molecule has 1 saturated carbocycles. The highest BCUT2D eigenvalue weighted by molar-refractivity contribution is 5.94. The van der Waals surface area contributed by atoms with Crippen LogP contribution in [0.15, 0.2) is 54.7 Å². The second-order valence-electron chi connectivity index (χ2n) is 9.72. The summed E-state index contributed by atoms with van der Waals surface area (Å²) >= 11 is 0. The lowest BCUT2D eigenvalue weighted by Crippen LogP contribution is -2.36. The third-order valence-corrected chi connectivity index (χ3v) is 6.77. The number of nitrogens with zero attached hydrogens (tertiary/aromatic N) is 2. The number of aliphatic hydroxyl groups excluding tert-OH is 1. The molecule has 7 nitrogen and oxygen atoms in total. The van der Waals surface area contributed by atoms with Crippen molar-refractivity contribution in [3.8, 4) is 5.69 Å². The lowest BCUT2D eigenvalue weighted by atomic mass is 9.85. The van der Waals surface area contributed by atoms with Gasteiger partial charge in [0.05, 0.1) is 24.3 Å². The molecule has 4 rings (SSSR count). The summed E-state index contributed by atoms with van der Waals surface area (Å²) in [5, 5.41) is 25.3. The predicted octanol–water partition coefficient (Wildman–Crippen LogP) is 4.79. The van der Waals surface area contributed by atoms with E-state index in [9.17, 15) is 27.9 Å². The van der Waals surface area contributed by atoms with E-state index < -0.39 is 37.1 Å². The molecule has 0 spiro atoms. The highest BCUT2D eigenvalue weighted by Crippen LogP contribution is 2.35. The van der Waals surface area contributed by atoms with Crippen LogP contribution in [-0.2, 0) is 17.6 Å². The topological polar surface area (TPSA) is 104 Å². The van der Waals surface area contributed by atoms with Gasteiger partial charge >= 0.3 is 12.1 Å². The van der Waals surface area contributed by atoms with Gasteiger partial charge in [0.2, 0.25) is 0 Å². The smallest absolute Gasteiger partial charge is 0.393 e.